The van der Waals surface area contributed by atoms with Gasteiger partial charge in [-0.3, -0.25) is 14.9 Å². The van der Waals surface area contributed by atoms with Crippen molar-refractivity contribution in [2.24, 2.45) is 5.92 Å². The third kappa shape index (κ3) is 1.86. The zero-order valence-corrected chi connectivity index (χ0v) is 8.85. The topological polar surface area (TPSA) is 80.4 Å². The molecule has 1 aromatic rings. The molecule has 2 rings (SSSR count). The largest absolute Gasteiger partial charge is 0.481 e. The van der Waals surface area contributed by atoms with Crippen LogP contribution >= 0.6 is 11.6 Å². The van der Waals surface area contributed by atoms with Gasteiger partial charge < -0.3 is 5.11 Å². The van der Waals surface area contributed by atoms with Crippen LogP contribution in [0.2, 0.25) is 5.02 Å². The highest BCUT2D eigenvalue weighted by Gasteiger charge is 2.47. The number of benzene rings is 1. The predicted molar refractivity (Wildman–Crippen MR) is 56.6 cm³/mol. The van der Waals surface area contributed by atoms with Crippen molar-refractivity contribution in [1.29, 1.82) is 0 Å². The lowest BCUT2D eigenvalue weighted by Crippen LogP contribution is -2.01. The van der Waals surface area contributed by atoms with Crippen LogP contribution in [0.25, 0.3) is 0 Å². The fourth-order valence-corrected chi connectivity index (χ4v) is 1.98. The predicted octanol–water partition coefficient (Wildman–Crippen LogP) is 2.44. The number of carboxylic acid groups (broad SMARTS) is 1. The van der Waals surface area contributed by atoms with Crippen molar-refractivity contribution < 1.29 is 14.8 Å². The number of nitrogens with zero attached hydrogens (tertiary/aromatic N) is 1. The monoisotopic (exact) mass is 241 g/mol. The van der Waals surface area contributed by atoms with Gasteiger partial charge in [0, 0.05) is 22.6 Å². The molecule has 84 valence electrons. The minimum atomic E-state index is -0.917. The summed E-state index contributed by atoms with van der Waals surface area (Å²) in [6, 6.07) is 4.23. The van der Waals surface area contributed by atoms with Crippen LogP contribution in [0.15, 0.2) is 18.2 Å². The number of aliphatic carboxylic acids is 1. The molecule has 1 N–H and O–H groups in total. The van der Waals surface area contributed by atoms with Crippen molar-refractivity contribution in [3.63, 3.8) is 0 Å². The highest BCUT2D eigenvalue weighted by Crippen LogP contribution is 2.50. The SMILES string of the molecule is O=C(O)[C@@H]1C[C@H]1c1cc(Cl)ccc1[N+](=O)[O-]. The van der Waals surface area contributed by atoms with Crippen molar-refractivity contribution >= 4 is 23.3 Å². The summed E-state index contributed by atoms with van der Waals surface area (Å²) in [6.07, 6.45) is 0.441. The molecule has 6 heteroatoms. The Morgan fingerprint density at radius 2 is 2.25 bits per heavy atom. The average Bonchev–Trinajstić information content (AvgIpc) is 2.96. The van der Waals surface area contributed by atoms with E-state index in [1.165, 1.54) is 18.2 Å². The normalized spacial score (nSPS) is 22.8. The van der Waals surface area contributed by atoms with E-state index < -0.39 is 16.8 Å². The van der Waals surface area contributed by atoms with Gasteiger partial charge in [0.15, 0.2) is 0 Å². The number of carboxylic acids is 1. The van der Waals surface area contributed by atoms with E-state index >= 15 is 0 Å². The molecule has 0 bridgehead atoms. The van der Waals surface area contributed by atoms with E-state index in [0.717, 1.165) is 0 Å². The Balaban J connectivity index is 2.37. The molecule has 0 radical (unpaired) electrons. The van der Waals surface area contributed by atoms with Crippen LogP contribution in [0.3, 0.4) is 0 Å². The maximum atomic E-state index is 10.8. The lowest BCUT2D eigenvalue weighted by Gasteiger charge is -2.01. The molecule has 1 aromatic carbocycles. The van der Waals surface area contributed by atoms with Gasteiger partial charge in [-0.15, -0.1) is 0 Å². The summed E-state index contributed by atoms with van der Waals surface area (Å²) in [5, 5.41) is 19.9. The van der Waals surface area contributed by atoms with Crippen LogP contribution in [-0.4, -0.2) is 16.0 Å². The Labute approximate surface area is 95.8 Å². The molecule has 0 spiro atoms. The Kier molecular flexibility index (Phi) is 2.55. The van der Waals surface area contributed by atoms with Crippen LogP contribution in [0.1, 0.15) is 17.9 Å². The zero-order valence-electron chi connectivity index (χ0n) is 8.09. The summed E-state index contributed by atoms with van der Waals surface area (Å²) in [5.74, 6) is -1.71. The molecule has 1 saturated carbocycles. The quantitative estimate of drug-likeness (QED) is 0.651. The zero-order chi connectivity index (χ0) is 11.9. The second-order valence-corrected chi connectivity index (χ2v) is 4.18. The first-order valence-electron chi connectivity index (χ1n) is 4.67. The van der Waals surface area contributed by atoms with E-state index in [1.54, 1.807) is 0 Å². The van der Waals surface area contributed by atoms with Crippen molar-refractivity contribution in [2.75, 3.05) is 0 Å². The number of nitro groups is 1. The molecule has 2 atom stereocenters. The van der Waals surface area contributed by atoms with Crippen LogP contribution in [0.5, 0.6) is 0 Å². The first-order valence-corrected chi connectivity index (χ1v) is 5.05. The van der Waals surface area contributed by atoms with Gasteiger partial charge in [-0.05, 0) is 18.6 Å². The van der Waals surface area contributed by atoms with Crippen LogP contribution in [0, 0.1) is 16.0 Å². The Morgan fingerprint density at radius 3 is 2.75 bits per heavy atom. The van der Waals surface area contributed by atoms with Gasteiger partial charge in [0.1, 0.15) is 0 Å². The molecule has 1 fully saturated rings. The number of halogens is 1. The maximum absolute atomic E-state index is 10.8. The molecular weight excluding hydrogens is 234 g/mol. The lowest BCUT2D eigenvalue weighted by atomic mass is 10.1. The van der Waals surface area contributed by atoms with Crippen LogP contribution < -0.4 is 0 Å². The van der Waals surface area contributed by atoms with E-state index in [-0.39, 0.29) is 11.6 Å². The fourth-order valence-electron chi connectivity index (χ4n) is 1.80. The highest BCUT2D eigenvalue weighted by molar-refractivity contribution is 6.30. The molecule has 5 nitrogen and oxygen atoms in total. The summed E-state index contributed by atoms with van der Waals surface area (Å²) >= 11 is 5.75. The minimum Gasteiger partial charge on any atom is -0.481 e. The van der Waals surface area contributed by atoms with Gasteiger partial charge >= 0.3 is 5.97 Å². The van der Waals surface area contributed by atoms with Crippen LogP contribution in [-0.2, 0) is 4.79 Å². The van der Waals surface area contributed by atoms with Gasteiger partial charge in [-0.25, -0.2) is 0 Å². The van der Waals surface area contributed by atoms with Crippen LogP contribution in [0.4, 0.5) is 5.69 Å². The minimum absolute atomic E-state index is 0.0573. The Bertz CT molecular complexity index is 474. The van der Waals surface area contributed by atoms with Crippen molar-refractivity contribution in [1.82, 2.24) is 0 Å². The third-order valence-corrected chi connectivity index (χ3v) is 2.93. The highest BCUT2D eigenvalue weighted by atomic mass is 35.5. The van der Waals surface area contributed by atoms with E-state index in [9.17, 15) is 14.9 Å². The van der Waals surface area contributed by atoms with Gasteiger partial charge in [-0.2, -0.15) is 0 Å². The molecule has 0 unspecified atom stereocenters. The Morgan fingerprint density at radius 1 is 1.56 bits per heavy atom. The summed E-state index contributed by atoms with van der Waals surface area (Å²) in [6.45, 7) is 0. The average molecular weight is 242 g/mol. The smallest absolute Gasteiger partial charge is 0.307 e. The summed E-state index contributed by atoms with van der Waals surface area (Å²) in [7, 11) is 0. The lowest BCUT2D eigenvalue weighted by molar-refractivity contribution is -0.385. The summed E-state index contributed by atoms with van der Waals surface area (Å²) < 4.78 is 0. The van der Waals surface area contributed by atoms with Crippen molar-refractivity contribution in [3.05, 3.63) is 38.9 Å². The molecule has 0 aliphatic heterocycles. The van der Waals surface area contributed by atoms with Crippen molar-refractivity contribution in [3.8, 4) is 0 Å². The van der Waals surface area contributed by atoms with E-state index in [0.29, 0.717) is 17.0 Å². The number of nitro benzene ring substituents is 1. The molecule has 16 heavy (non-hydrogen) atoms. The third-order valence-electron chi connectivity index (χ3n) is 2.69. The number of rotatable bonds is 3. The second-order valence-electron chi connectivity index (χ2n) is 3.75. The van der Waals surface area contributed by atoms with Gasteiger partial charge in [0.2, 0.25) is 0 Å². The number of carbonyl (C=O) groups is 1. The van der Waals surface area contributed by atoms with Crippen molar-refractivity contribution in [2.45, 2.75) is 12.3 Å². The van der Waals surface area contributed by atoms with E-state index in [1.807, 2.05) is 0 Å². The first kappa shape index (κ1) is 10.9. The molecule has 1 aliphatic rings. The van der Waals surface area contributed by atoms with Gasteiger partial charge in [-0.1, -0.05) is 11.6 Å². The van der Waals surface area contributed by atoms with Gasteiger partial charge in [0.05, 0.1) is 10.8 Å². The van der Waals surface area contributed by atoms with E-state index in [4.69, 9.17) is 16.7 Å². The maximum Gasteiger partial charge on any atom is 0.307 e. The first-order chi connectivity index (χ1) is 7.50. The summed E-state index contributed by atoms with van der Waals surface area (Å²) in [4.78, 5) is 21.0. The molecular formula is C10H8ClNO4. The molecule has 0 heterocycles. The number of hydrogen-bond donors (Lipinski definition) is 1. The van der Waals surface area contributed by atoms with Gasteiger partial charge in [0.25, 0.3) is 5.69 Å². The van der Waals surface area contributed by atoms with E-state index in [2.05, 4.69) is 0 Å². The molecule has 0 amide bonds. The Hall–Kier alpha value is -1.62. The second kappa shape index (κ2) is 3.75. The molecule has 0 aromatic heterocycles. The molecule has 1 aliphatic carbocycles. The number of hydrogen-bond acceptors (Lipinski definition) is 3. The standard InChI is InChI=1S/C10H8ClNO4/c11-5-1-2-9(12(15)16)7(3-5)6-4-8(6)10(13)14/h1-3,6,8H,4H2,(H,13,14)/t6-,8+/m0/s1. The fraction of sp³-hybridized carbons (Fsp3) is 0.300. The molecule has 0 saturated heterocycles. The summed E-state index contributed by atoms with van der Waals surface area (Å²) in [5.41, 5.74) is 0.364.